The van der Waals surface area contributed by atoms with Gasteiger partial charge in [0.05, 0.1) is 0 Å². The Labute approximate surface area is 90.3 Å². The van der Waals surface area contributed by atoms with Crippen LogP contribution >= 0.6 is 0 Å². The molecule has 2 nitrogen and oxygen atoms in total. The number of carbonyl (C=O) groups excluding carboxylic acids is 1. The molecule has 0 aliphatic heterocycles. The van der Waals surface area contributed by atoms with Gasteiger partial charge in [-0.2, -0.15) is 0 Å². The zero-order chi connectivity index (χ0) is 11.3. The van der Waals surface area contributed by atoms with Gasteiger partial charge in [-0.1, -0.05) is 5.92 Å². The van der Waals surface area contributed by atoms with Crippen molar-refractivity contribution in [3.8, 4) is 17.6 Å². The van der Waals surface area contributed by atoms with Crippen LogP contribution in [-0.4, -0.2) is 11.9 Å². The lowest BCUT2D eigenvalue weighted by atomic mass is 10.2. The highest BCUT2D eigenvalue weighted by molar-refractivity contribution is 5.73. The van der Waals surface area contributed by atoms with Crippen LogP contribution in [0, 0.1) is 11.8 Å². The summed E-state index contributed by atoms with van der Waals surface area (Å²) >= 11 is 0. The fourth-order valence-corrected chi connectivity index (χ4v) is 1.07. The van der Waals surface area contributed by atoms with Gasteiger partial charge in [-0.3, -0.25) is 4.79 Å². The Hall–Kier alpha value is -1.75. The number of rotatable bonds is 1. The van der Waals surface area contributed by atoms with Crippen molar-refractivity contribution in [2.24, 2.45) is 0 Å². The van der Waals surface area contributed by atoms with Gasteiger partial charge in [-0.05, 0) is 51.0 Å². The van der Waals surface area contributed by atoms with Crippen molar-refractivity contribution in [2.75, 3.05) is 0 Å². The lowest BCUT2D eigenvalue weighted by Crippen LogP contribution is -2.22. The molecule has 2 heteroatoms. The molecule has 0 aromatic heterocycles. The Balaban J connectivity index is 2.77. The summed E-state index contributed by atoms with van der Waals surface area (Å²) < 4.78 is 5.64. The standard InChI is InChI=1S/C13H14O2/c1-13(2,3)15-12-8-6-11(7-9-12)5-4-10-14/h6-10H,1-3H3. The molecule has 1 aromatic carbocycles. The topological polar surface area (TPSA) is 26.3 Å². The third-order valence-corrected chi connectivity index (χ3v) is 1.55. The Kier molecular flexibility index (Phi) is 3.51. The van der Waals surface area contributed by atoms with Crippen molar-refractivity contribution in [2.45, 2.75) is 26.4 Å². The van der Waals surface area contributed by atoms with Crippen LogP contribution in [0.2, 0.25) is 0 Å². The number of hydrogen-bond acceptors (Lipinski definition) is 2. The monoisotopic (exact) mass is 202 g/mol. The fraction of sp³-hybridized carbons (Fsp3) is 0.308. The summed E-state index contributed by atoms with van der Waals surface area (Å²) in [6.07, 6.45) is 0.583. The molecule has 1 rings (SSSR count). The van der Waals surface area contributed by atoms with Gasteiger partial charge in [-0.15, -0.1) is 0 Å². The molecule has 1 aromatic rings. The molecular formula is C13H14O2. The molecule has 78 valence electrons. The minimum absolute atomic E-state index is 0.198. The van der Waals surface area contributed by atoms with E-state index in [1.165, 1.54) is 0 Å². The fourth-order valence-electron chi connectivity index (χ4n) is 1.07. The van der Waals surface area contributed by atoms with Crippen molar-refractivity contribution in [3.63, 3.8) is 0 Å². The zero-order valence-electron chi connectivity index (χ0n) is 9.20. The van der Waals surface area contributed by atoms with Crippen LogP contribution in [-0.2, 0) is 4.79 Å². The third kappa shape index (κ3) is 4.33. The molecular weight excluding hydrogens is 188 g/mol. The van der Waals surface area contributed by atoms with Crippen LogP contribution in [0.1, 0.15) is 26.3 Å². The lowest BCUT2D eigenvalue weighted by molar-refractivity contribution is -0.103. The van der Waals surface area contributed by atoms with Crippen LogP contribution in [0.25, 0.3) is 0 Å². The zero-order valence-corrected chi connectivity index (χ0v) is 9.20. The van der Waals surface area contributed by atoms with Crippen LogP contribution < -0.4 is 4.74 Å². The molecule has 0 fully saturated rings. The first-order valence-electron chi connectivity index (χ1n) is 4.75. The molecule has 0 bridgehead atoms. The quantitative estimate of drug-likeness (QED) is 0.516. The minimum atomic E-state index is -0.198. The molecule has 0 N–H and O–H groups in total. The van der Waals surface area contributed by atoms with E-state index in [4.69, 9.17) is 4.74 Å². The van der Waals surface area contributed by atoms with E-state index in [2.05, 4.69) is 11.8 Å². The van der Waals surface area contributed by atoms with Gasteiger partial charge >= 0.3 is 0 Å². The predicted octanol–water partition coefficient (Wildman–Crippen LogP) is 2.41. The van der Waals surface area contributed by atoms with Crippen molar-refractivity contribution >= 4 is 6.29 Å². The van der Waals surface area contributed by atoms with Crippen molar-refractivity contribution in [1.82, 2.24) is 0 Å². The molecule has 0 spiro atoms. The van der Waals surface area contributed by atoms with Crippen LogP contribution in [0.5, 0.6) is 5.75 Å². The summed E-state index contributed by atoms with van der Waals surface area (Å²) in [5, 5.41) is 0. The number of carbonyl (C=O) groups is 1. The molecule has 15 heavy (non-hydrogen) atoms. The van der Waals surface area contributed by atoms with Gasteiger partial charge in [0, 0.05) is 5.56 Å². The van der Waals surface area contributed by atoms with Gasteiger partial charge in [0.1, 0.15) is 11.4 Å². The molecule has 0 aliphatic carbocycles. The Morgan fingerprint density at radius 3 is 2.27 bits per heavy atom. The summed E-state index contributed by atoms with van der Waals surface area (Å²) in [6.45, 7) is 5.98. The number of hydrogen-bond donors (Lipinski definition) is 0. The van der Waals surface area contributed by atoms with Gasteiger partial charge in [0.25, 0.3) is 0 Å². The summed E-state index contributed by atoms with van der Waals surface area (Å²) in [4.78, 5) is 10.0. The van der Waals surface area contributed by atoms with Crippen LogP contribution in [0.3, 0.4) is 0 Å². The second-order valence-corrected chi connectivity index (χ2v) is 4.13. The molecule has 0 saturated heterocycles. The van der Waals surface area contributed by atoms with Gasteiger partial charge < -0.3 is 4.74 Å². The smallest absolute Gasteiger partial charge is 0.193 e. The molecule has 0 heterocycles. The van der Waals surface area contributed by atoms with Crippen LogP contribution in [0.15, 0.2) is 24.3 Å². The molecule has 0 amide bonds. The average Bonchev–Trinajstić information content (AvgIpc) is 2.14. The Morgan fingerprint density at radius 2 is 1.80 bits per heavy atom. The molecule has 0 atom stereocenters. The first kappa shape index (κ1) is 11.3. The number of benzene rings is 1. The highest BCUT2D eigenvalue weighted by Gasteiger charge is 2.10. The van der Waals surface area contributed by atoms with E-state index >= 15 is 0 Å². The summed E-state index contributed by atoms with van der Waals surface area (Å²) in [5.41, 5.74) is 0.610. The minimum Gasteiger partial charge on any atom is -0.488 e. The van der Waals surface area contributed by atoms with E-state index < -0.39 is 0 Å². The first-order valence-corrected chi connectivity index (χ1v) is 4.75. The average molecular weight is 202 g/mol. The lowest BCUT2D eigenvalue weighted by Gasteiger charge is -2.21. The summed E-state index contributed by atoms with van der Waals surface area (Å²) in [5.74, 6) is 5.88. The van der Waals surface area contributed by atoms with E-state index in [-0.39, 0.29) is 5.60 Å². The SMILES string of the molecule is CC(C)(C)Oc1ccc(C#CC=O)cc1. The van der Waals surface area contributed by atoms with E-state index in [1.807, 2.05) is 45.0 Å². The normalized spacial score (nSPS) is 10.1. The molecule has 0 aliphatic rings. The second-order valence-electron chi connectivity index (χ2n) is 4.13. The summed E-state index contributed by atoms with van der Waals surface area (Å²) in [6, 6.07) is 7.36. The van der Waals surface area contributed by atoms with Crippen molar-refractivity contribution in [1.29, 1.82) is 0 Å². The Morgan fingerprint density at radius 1 is 1.20 bits per heavy atom. The van der Waals surface area contributed by atoms with E-state index in [9.17, 15) is 4.79 Å². The molecule has 0 saturated carbocycles. The van der Waals surface area contributed by atoms with Crippen molar-refractivity contribution in [3.05, 3.63) is 29.8 Å². The summed E-state index contributed by atoms with van der Waals surface area (Å²) in [7, 11) is 0. The van der Waals surface area contributed by atoms with Gasteiger partial charge in [0.2, 0.25) is 0 Å². The van der Waals surface area contributed by atoms with E-state index in [1.54, 1.807) is 0 Å². The largest absolute Gasteiger partial charge is 0.488 e. The van der Waals surface area contributed by atoms with E-state index in [0.29, 0.717) is 6.29 Å². The Bertz CT molecular complexity index is 385. The highest BCUT2D eigenvalue weighted by atomic mass is 16.5. The second kappa shape index (κ2) is 4.65. The van der Waals surface area contributed by atoms with E-state index in [0.717, 1.165) is 11.3 Å². The number of aldehydes is 1. The highest BCUT2D eigenvalue weighted by Crippen LogP contribution is 2.17. The maximum Gasteiger partial charge on any atom is 0.193 e. The predicted molar refractivity (Wildman–Crippen MR) is 59.8 cm³/mol. The molecule has 0 unspecified atom stereocenters. The molecule has 0 radical (unpaired) electrons. The van der Waals surface area contributed by atoms with Gasteiger partial charge in [0.15, 0.2) is 6.29 Å². The van der Waals surface area contributed by atoms with Gasteiger partial charge in [-0.25, -0.2) is 0 Å². The number of ether oxygens (including phenoxy) is 1. The maximum atomic E-state index is 10.0. The van der Waals surface area contributed by atoms with Crippen molar-refractivity contribution < 1.29 is 9.53 Å². The van der Waals surface area contributed by atoms with Crippen LogP contribution in [0.4, 0.5) is 0 Å². The maximum absolute atomic E-state index is 10.0. The third-order valence-electron chi connectivity index (χ3n) is 1.55. The first-order chi connectivity index (χ1) is 7.01.